The van der Waals surface area contributed by atoms with E-state index in [0.717, 1.165) is 6.42 Å². The highest BCUT2D eigenvalue weighted by atomic mass is 32.2. The first kappa shape index (κ1) is 12.0. The molecule has 0 spiro atoms. The van der Waals surface area contributed by atoms with E-state index in [1.54, 1.807) is 18.4 Å². The van der Waals surface area contributed by atoms with E-state index in [9.17, 15) is 8.60 Å². The summed E-state index contributed by atoms with van der Waals surface area (Å²) in [6, 6.07) is 4.65. The zero-order valence-corrected chi connectivity index (χ0v) is 9.44. The third-order valence-corrected chi connectivity index (χ3v) is 2.84. The van der Waals surface area contributed by atoms with Gasteiger partial charge in [-0.3, -0.25) is 4.21 Å². The van der Waals surface area contributed by atoms with Crippen LogP contribution in [0.5, 0.6) is 0 Å². The Kier molecular flexibility index (Phi) is 4.55. The van der Waals surface area contributed by atoms with Crippen LogP contribution < -0.4 is 11.1 Å². The van der Waals surface area contributed by atoms with Gasteiger partial charge in [-0.2, -0.15) is 0 Å². The summed E-state index contributed by atoms with van der Waals surface area (Å²) in [7, 11) is -0.779. The summed E-state index contributed by atoms with van der Waals surface area (Å²) in [5, 5.41) is 3.01. The van der Waals surface area contributed by atoms with E-state index in [2.05, 4.69) is 5.32 Å². The van der Waals surface area contributed by atoms with Gasteiger partial charge in [0.2, 0.25) is 0 Å². The molecule has 0 saturated carbocycles. The number of halogens is 1. The first-order valence-corrected chi connectivity index (χ1v) is 6.42. The molecule has 0 radical (unpaired) electrons. The Bertz CT molecular complexity index is 357. The van der Waals surface area contributed by atoms with Crippen LogP contribution in [0.2, 0.25) is 0 Å². The maximum absolute atomic E-state index is 13.0. The molecule has 1 rings (SSSR count). The number of anilines is 2. The number of rotatable bonds is 5. The minimum absolute atomic E-state index is 0.134. The second-order valence-corrected chi connectivity index (χ2v) is 4.81. The standard InChI is InChI=1S/C10H15FN2OS/c1-15(14)7-3-6-13-9-5-2-4-8(11)10(9)12/h2,4-5,13H,3,6-7,12H2,1H3. The van der Waals surface area contributed by atoms with Gasteiger partial charge in [-0.25, -0.2) is 4.39 Å². The average molecular weight is 230 g/mol. The van der Waals surface area contributed by atoms with Crippen molar-refractivity contribution >= 4 is 22.2 Å². The molecular weight excluding hydrogens is 215 g/mol. The molecule has 0 amide bonds. The van der Waals surface area contributed by atoms with Crippen molar-refractivity contribution in [2.24, 2.45) is 0 Å². The van der Waals surface area contributed by atoms with E-state index >= 15 is 0 Å². The fourth-order valence-corrected chi connectivity index (χ4v) is 1.74. The van der Waals surface area contributed by atoms with Gasteiger partial charge in [0.1, 0.15) is 5.82 Å². The van der Waals surface area contributed by atoms with Crippen molar-refractivity contribution in [2.75, 3.05) is 29.6 Å². The zero-order chi connectivity index (χ0) is 11.3. The lowest BCUT2D eigenvalue weighted by atomic mass is 10.2. The van der Waals surface area contributed by atoms with Gasteiger partial charge in [0.25, 0.3) is 0 Å². The summed E-state index contributed by atoms with van der Waals surface area (Å²) in [5.74, 6) is 0.224. The average Bonchev–Trinajstić information content (AvgIpc) is 2.18. The summed E-state index contributed by atoms with van der Waals surface area (Å²) in [4.78, 5) is 0. The van der Waals surface area contributed by atoms with Crippen LogP contribution in [0.3, 0.4) is 0 Å². The third kappa shape index (κ3) is 3.87. The van der Waals surface area contributed by atoms with Gasteiger partial charge in [0.05, 0.1) is 11.4 Å². The molecule has 1 unspecified atom stereocenters. The van der Waals surface area contributed by atoms with Crippen LogP contribution in [-0.2, 0) is 10.8 Å². The van der Waals surface area contributed by atoms with Crippen LogP contribution >= 0.6 is 0 Å². The second kappa shape index (κ2) is 5.70. The Morgan fingerprint density at radius 1 is 1.53 bits per heavy atom. The Labute approximate surface area is 91.3 Å². The molecule has 0 aliphatic carbocycles. The van der Waals surface area contributed by atoms with Crippen LogP contribution in [0.4, 0.5) is 15.8 Å². The molecular formula is C10H15FN2OS. The van der Waals surface area contributed by atoms with Gasteiger partial charge in [-0.1, -0.05) is 6.07 Å². The Morgan fingerprint density at radius 3 is 2.93 bits per heavy atom. The van der Waals surface area contributed by atoms with Crippen LogP contribution in [-0.4, -0.2) is 22.8 Å². The number of hydrogen-bond donors (Lipinski definition) is 2. The van der Waals surface area contributed by atoms with Crippen molar-refractivity contribution in [3.05, 3.63) is 24.0 Å². The highest BCUT2D eigenvalue weighted by molar-refractivity contribution is 7.84. The number of para-hydroxylation sites is 1. The van der Waals surface area contributed by atoms with Crippen molar-refractivity contribution in [3.8, 4) is 0 Å². The van der Waals surface area contributed by atoms with Crippen molar-refractivity contribution in [3.63, 3.8) is 0 Å². The molecule has 0 aromatic heterocycles. The highest BCUT2D eigenvalue weighted by Gasteiger charge is 2.02. The molecule has 15 heavy (non-hydrogen) atoms. The molecule has 1 atom stereocenters. The van der Waals surface area contributed by atoms with Crippen LogP contribution in [0, 0.1) is 5.82 Å². The number of benzene rings is 1. The van der Waals surface area contributed by atoms with Crippen molar-refractivity contribution < 1.29 is 8.60 Å². The van der Waals surface area contributed by atoms with Crippen LogP contribution in [0.25, 0.3) is 0 Å². The molecule has 0 aliphatic rings. The normalized spacial score (nSPS) is 12.4. The maximum Gasteiger partial charge on any atom is 0.148 e. The molecule has 5 heteroatoms. The molecule has 84 valence electrons. The van der Waals surface area contributed by atoms with E-state index < -0.39 is 16.6 Å². The number of nitrogens with two attached hydrogens (primary N) is 1. The largest absolute Gasteiger partial charge is 0.395 e. The van der Waals surface area contributed by atoms with E-state index in [-0.39, 0.29) is 5.69 Å². The van der Waals surface area contributed by atoms with Gasteiger partial charge in [-0.05, 0) is 18.6 Å². The number of nitrogen functional groups attached to an aromatic ring is 1. The molecule has 1 aromatic rings. The third-order valence-electron chi connectivity index (χ3n) is 1.98. The lowest BCUT2D eigenvalue weighted by Crippen LogP contribution is -2.08. The summed E-state index contributed by atoms with van der Waals surface area (Å²) < 4.78 is 23.8. The minimum Gasteiger partial charge on any atom is -0.395 e. The van der Waals surface area contributed by atoms with E-state index in [1.807, 2.05) is 0 Å². The Balaban J connectivity index is 2.44. The first-order valence-electron chi connectivity index (χ1n) is 4.69. The van der Waals surface area contributed by atoms with Gasteiger partial charge in [0.15, 0.2) is 0 Å². The quantitative estimate of drug-likeness (QED) is 0.596. The predicted molar refractivity (Wildman–Crippen MR) is 62.9 cm³/mol. The minimum atomic E-state index is -0.779. The lowest BCUT2D eigenvalue weighted by Gasteiger charge is -2.08. The van der Waals surface area contributed by atoms with Gasteiger partial charge < -0.3 is 11.1 Å². The van der Waals surface area contributed by atoms with Crippen LogP contribution in [0.1, 0.15) is 6.42 Å². The monoisotopic (exact) mass is 230 g/mol. The maximum atomic E-state index is 13.0. The van der Waals surface area contributed by atoms with E-state index in [0.29, 0.717) is 18.0 Å². The summed E-state index contributed by atoms with van der Waals surface area (Å²) in [6.07, 6.45) is 2.44. The van der Waals surface area contributed by atoms with Crippen molar-refractivity contribution in [1.29, 1.82) is 0 Å². The molecule has 0 aliphatic heterocycles. The van der Waals surface area contributed by atoms with Crippen molar-refractivity contribution in [2.45, 2.75) is 6.42 Å². The number of hydrogen-bond acceptors (Lipinski definition) is 3. The molecule has 0 fully saturated rings. The second-order valence-electron chi connectivity index (χ2n) is 3.26. The van der Waals surface area contributed by atoms with E-state index in [1.165, 1.54) is 6.07 Å². The smallest absolute Gasteiger partial charge is 0.148 e. The van der Waals surface area contributed by atoms with E-state index in [4.69, 9.17) is 5.73 Å². The van der Waals surface area contributed by atoms with Gasteiger partial charge in [-0.15, -0.1) is 0 Å². The molecule has 0 saturated heterocycles. The summed E-state index contributed by atoms with van der Waals surface area (Å²) in [5.41, 5.74) is 6.26. The topological polar surface area (TPSA) is 55.1 Å². The fourth-order valence-electron chi connectivity index (χ4n) is 1.19. The Hall–Kier alpha value is -1.10. The zero-order valence-electron chi connectivity index (χ0n) is 8.63. The predicted octanol–water partition coefficient (Wildman–Crippen LogP) is 1.59. The van der Waals surface area contributed by atoms with Crippen molar-refractivity contribution in [1.82, 2.24) is 0 Å². The first-order chi connectivity index (χ1) is 7.11. The molecule has 0 bridgehead atoms. The molecule has 0 heterocycles. The SMILES string of the molecule is CS(=O)CCCNc1cccc(F)c1N. The molecule has 3 N–H and O–H groups in total. The lowest BCUT2D eigenvalue weighted by molar-refractivity contribution is 0.633. The number of nitrogens with one attached hydrogen (secondary N) is 1. The summed E-state index contributed by atoms with van der Waals surface area (Å²) >= 11 is 0. The molecule has 3 nitrogen and oxygen atoms in total. The van der Waals surface area contributed by atoms with Gasteiger partial charge >= 0.3 is 0 Å². The molecule has 1 aromatic carbocycles. The fraction of sp³-hybridized carbons (Fsp3) is 0.400. The highest BCUT2D eigenvalue weighted by Crippen LogP contribution is 2.20. The summed E-state index contributed by atoms with van der Waals surface area (Å²) in [6.45, 7) is 0.646. The van der Waals surface area contributed by atoms with Crippen LogP contribution in [0.15, 0.2) is 18.2 Å². The van der Waals surface area contributed by atoms with Gasteiger partial charge in [0, 0.05) is 29.4 Å². The Morgan fingerprint density at radius 2 is 2.27 bits per heavy atom.